The number of amides is 1. The van der Waals surface area contributed by atoms with Crippen LogP contribution in [0.2, 0.25) is 0 Å². The van der Waals surface area contributed by atoms with Crippen molar-refractivity contribution in [3.8, 4) is 0 Å². The molecule has 0 bridgehead atoms. The predicted molar refractivity (Wildman–Crippen MR) is 112 cm³/mol. The fraction of sp³-hybridized carbons (Fsp3) is 0.450. The molecule has 2 rings (SSSR count). The summed E-state index contributed by atoms with van der Waals surface area (Å²) in [5.41, 5.74) is 5.36. The summed E-state index contributed by atoms with van der Waals surface area (Å²) in [5, 5.41) is 1.53. The highest BCUT2D eigenvalue weighted by Crippen LogP contribution is 2.25. The van der Waals surface area contributed by atoms with Gasteiger partial charge in [-0.05, 0) is 36.9 Å². The first-order valence-electron chi connectivity index (χ1n) is 9.07. The molecule has 0 aliphatic rings. The molecular weight excluding hydrogens is 384 g/mol. The Hall–Kier alpha value is -1.63. The third-order valence-electron chi connectivity index (χ3n) is 4.29. The van der Waals surface area contributed by atoms with Gasteiger partial charge in [0.2, 0.25) is 5.91 Å². The molecule has 2 aromatic carbocycles. The fourth-order valence-electron chi connectivity index (χ4n) is 2.96. The second kappa shape index (κ2) is 10.6. The normalized spacial score (nSPS) is 12.7. The Kier molecular flexibility index (Phi) is 9.22. The minimum absolute atomic E-state index is 0.0880. The van der Waals surface area contributed by atoms with E-state index in [4.69, 9.17) is 16.4 Å². The number of nitrogens with zero attached hydrogens (tertiary/aromatic N) is 1. The molecule has 0 aromatic heterocycles. The SMILES string of the molecule is CCN(CC)C(CC(C)C)C(N)=O.O=S(=O)(Cl)c1cccc2ccccc12. The highest BCUT2D eigenvalue weighted by molar-refractivity contribution is 8.14. The van der Waals surface area contributed by atoms with Gasteiger partial charge in [-0.15, -0.1) is 0 Å². The van der Waals surface area contributed by atoms with Gasteiger partial charge in [0.25, 0.3) is 9.05 Å². The fourth-order valence-corrected chi connectivity index (χ4v) is 4.06. The van der Waals surface area contributed by atoms with Gasteiger partial charge >= 0.3 is 0 Å². The van der Waals surface area contributed by atoms with Crippen LogP contribution in [0.4, 0.5) is 0 Å². The minimum atomic E-state index is -3.66. The number of rotatable bonds is 7. The van der Waals surface area contributed by atoms with Gasteiger partial charge in [-0.3, -0.25) is 9.69 Å². The summed E-state index contributed by atoms with van der Waals surface area (Å²) in [5.74, 6) is 0.315. The Labute approximate surface area is 166 Å². The number of likely N-dealkylation sites (N-methyl/N-ethyl adjacent to an activating group) is 1. The summed E-state index contributed by atoms with van der Waals surface area (Å²) in [6.45, 7) is 10.1. The van der Waals surface area contributed by atoms with Gasteiger partial charge in [-0.1, -0.05) is 64.1 Å². The average Bonchev–Trinajstić information content (AvgIpc) is 2.60. The Morgan fingerprint density at radius 3 is 2.11 bits per heavy atom. The van der Waals surface area contributed by atoms with Crippen molar-refractivity contribution in [1.82, 2.24) is 4.90 Å². The molecule has 0 aliphatic heterocycles. The lowest BCUT2D eigenvalue weighted by Gasteiger charge is -2.28. The lowest BCUT2D eigenvalue weighted by molar-refractivity contribution is -0.123. The molecule has 2 aromatic rings. The van der Waals surface area contributed by atoms with Crippen LogP contribution >= 0.6 is 10.7 Å². The van der Waals surface area contributed by atoms with Crippen molar-refractivity contribution in [1.29, 1.82) is 0 Å². The maximum absolute atomic E-state index is 11.2. The minimum Gasteiger partial charge on any atom is -0.368 e. The van der Waals surface area contributed by atoms with Gasteiger partial charge in [0.1, 0.15) is 0 Å². The summed E-state index contributed by atoms with van der Waals surface area (Å²) < 4.78 is 22.4. The van der Waals surface area contributed by atoms with E-state index in [1.165, 1.54) is 6.07 Å². The van der Waals surface area contributed by atoms with Crippen molar-refractivity contribution in [2.75, 3.05) is 13.1 Å². The molecule has 7 heteroatoms. The molecule has 0 saturated carbocycles. The molecule has 5 nitrogen and oxygen atoms in total. The molecule has 150 valence electrons. The van der Waals surface area contributed by atoms with Gasteiger partial charge in [0.05, 0.1) is 10.9 Å². The van der Waals surface area contributed by atoms with Crippen LogP contribution in [-0.4, -0.2) is 38.4 Å². The van der Waals surface area contributed by atoms with Gasteiger partial charge in [-0.25, -0.2) is 8.42 Å². The Morgan fingerprint density at radius 1 is 1.07 bits per heavy atom. The molecule has 2 N–H and O–H groups in total. The number of fused-ring (bicyclic) bond motifs is 1. The van der Waals surface area contributed by atoms with Crippen molar-refractivity contribution in [3.63, 3.8) is 0 Å². The maximum Gasteiger partial charge on any atom is 0.261 e. The van der Waals surface area contributed by atoms with E-state index in [2.05, 4.69) is 32.6 Å². The molecule has 1 amide bonds. The molecule has 0 spiro atoms. The van der Waals surface area contributed by atoms with E-state index in [1.807, 2.05) is 18.2 Å². The number of benzene rings is 2. The van der Waals surface area contributed by atoms with Crippen LogP contribution in [0.3, 0.4) is 0 Å². The number of carbonyl (C=O) groups excluding carboxylic acids is 1. The van der Waals surface area contributed by atoms with Crippen molar-refractivity contribution < 1.29 is 13.2 Å². The van der Waals surface area contributed by atoms with Crippen LogP contribution in [0.5, 0.6) is 0 Å². The molecular formula is C20H29ClN2O3S. The number of hydrogen-bond donors (Lipinski definition) is 1. The van der Waals surface area contributed by atoms with Crippen LogP contribution in [0.25, 0.3) is 10.8 Å². The Balaban J connectivity index is 0.000000271. The van der Waals surface area contributed by atoms with E-state index in [9.17, 15) is 13.2 Å². The smallest absolute Gasteiger partial charge is 0.261 e. The van der Waals surface area contributed by atoms with Crippen molar-refractivity contribution in [3.05, 3.63) is 42.5 Å². The summed E-state index contributed by atoms with van der Waals surface area (Å²) in [6.07, 6.45) is 0.858. The Bertz CT molecular complexity index is 844. The first-order valence-corrected chi connectivity index (χ1v) is 11.4. The molecule has 1 unspecified atom stereocenters. The summed E-state index contributed by atoms with van der Waals surface area (Å²) >= 11 is 0. The van der Waals surface area contributed by atoms with E-state index in [0.29, 0.717) is 11.3 Å². The molecule has 0 saturated heterocycles. The third kappa shape index (κ3) is 7.13. The van der Waals surface area contributed by atoms with Gasteiger partial charge in [0.15, 0.2) is 0 Å². The van der Waals surface area contributed by atoms with Gasteiger partial charge in [-0.2, -0.15) is 0 Å². The van der Waals surface area contributed by atoms with E-state index in [0.717, 1.165) is 24.9 Å². The number of carbonyl (C=O) groups is 1. The van der Waals surface area contributed by atoms with Gasteiger partial charge < -0.3 is 5.73 Å². The topological polar surface area (TPSA) is 80.5 Å². The molecule has 0 aliphatic carbocycles. The van der Waals surface area contributed by atoms with Crippen LogP contribution in [-0.2, 0) is 13.8 Å². The largest absolute Gasteiger partial charge is 0.368 e. The highest BCUT2D eigenvalue weighted by atomic mass is 35.7. The Morgan fingerprint density at radius 2 is 1.63 bits per heavy atom. The molecule has 1 atom stereocenters. The zero-order valence-electron chi connectivity index (χ0n) is 16.4. The van der Waals surface area contributed by atoms with Crippen LogP contribution in [0.1, 0.15) is 34.1 Å². The third-order valence-corrected chi connectivity index (χ3v) is 5.67. The zero-order chi connectivity index (χ0) is 20.6. The van der Waals surface area contributed by atoms with Crippen molar-refractivity contribution in [2.45, 2.75) is 45.1 Å². The first-order chi connectivity index (χ1) is 12.6. The van der Waals surface area contributed by atoms with E-state index in [-0.39, 0.29) is 16.8 Å². The summed E-state index contributed by atoms with van der Waals surface area (Å²) in [6, 6.07) is 12.2. The molecule has 0 radical (unpaired) electrons. The highest BCUT2D eigenvalue weighted by Gasteiger charge is 2.21. The van der Waals surface area contributed by atoms with E-state index in [1.54, 1.807) is 18.2 Å². The number of hydrogen-bond acceptors (Lipinski definition) is 4. The number of primary amides is 1. The average molecular weight is 413 g/mol. The summed E-state index contributed by atoms with van der Waals surface area (Å²) in [7, 11) is 1.65. The van der Waals surface area contributed by atoms with Crippen molar-refractivity contribution >= 4 is 36.4 Å². The molecule has 27 heavy (non-hydrogen) atoms. The van der Waals surface area contributed by atoms with Crippen molar-refractivity contribution in [2.24, 2.45) is 11.7 Å². The number of halogens is 1. The lowest BCUT2D eigenvalue weighted by atomic mass is 10.0. The second-order valence-electron chi connectivity index (χ2n) is 6.68. The van der Waals surface area contributed by atoms with Crippen LogP contribution in [0.15, 0.2) is 47.4 Å². The maximum atomic E-state index is 11.2. The predicted octanol–water partition coefficient (Wildman–Crippen LogP) is 4.00. The summed E-state index contributed by atoms with van der Waals surface area (Å²) in [4.78, 5) is 13.5. The standard InChI is InChI=1S/C10H7ClO2S.C10H22N2O/c11-14(12,13)10-7-3-5-8-4-1-2-6-9(8)10;1-5-12(6-2)9(10(11)13)7-8(3)4/h1-7H;8-9H,5-7H2,1-4H3,(H2,11,13). The first kappa shape index (κ1) is 23.4. The van der Waals surface area contributed by atoms with E-state index >= 15 is 0 Å². The zero-order valence-corrected chi connectivity index (χ0v) is 17.9. The quantitative estimate of drug-likeness (QED) is 0.697. The van der Waals surface area contributed by atoms with Crippen LogP contribution < -0.4 is 5.73 Å². The number of nitrogens with two attached hydrogens (primary N) is 1. The second-order valence-corrected chi connectivity index (χ2v) is 9.22. The lowest BCUT2D eigenvalue weighted by Crippen LogP contribution is -2.45. The molecule has 0 fully saturated rings. The molecule has 0 heterocycles. The van der Waals surface area contributed by atoms with Crippen LogP contribution in [0, 0.1) is 5.92 Å². The monoisotopic (exact) mass is 412 g/mol. The van der Waals surface area contributed by atoms with E-state index < -0.39 is 9.05 Å². The van der Waals surface area contributed by atoms with Gasteiger partial charge in [0, 0.05) is 16.1 Å².